The summed E-state index contributed by atoms with van der Waals surface area (Å²) < 4.78 is 18.8. The number of halogens is 1. The Morgan fingerprint density at radius 1 is 1.00 bits per heavy atom. The molecule has 28 heavy (non-hydrogen) atoms. The van der Waals surface area contributed by atoms with Crippen molar-refractivity contribution in [1.82, 2.24) is 5.43 Å². The van der Waals surface area contributed by atoms with Crippen molar-refractivity contribution >= 4 is 18.1 Å². The van der Waals surface area contributed by atoms with Crippen LogP contribution in [0.1, 0.15) is 31.8 Å². The van der Waals surface area contributed by atoms with E-state index in [9.17, 15) is 14.0 Å². The molecule has 3 aromatic carbocycles. The largest absolute Gasteiger partial charge is 0.423 e. The third-order valence-electron chi connectivity index (χ3n) is 3.84. The minimum absolute atomic E-state index is 0.132. The number of hydrogen-bond donors (Lipinski definition) is 1. The van der Waals surface area contributed by atoms with Gasteiger partial charge in [-0.05, 0) is 61.0 Å². The SMILES string of the molecule is Cc1cccc(C(=O)N/N=C\c2ccc(OC(=O)c3ccccc3F)cc2)c1. The number of nitrogens with zero attached hydrogens (tertiary/aromatic N) is 1. The van der Waals surface area contributed by atoms with Gasteiger partial charge in [0.2, 0.25) is 0 Å². The minimum atomic E-state index is -0.773. The molecule has 0 atom stereocenters. The van der Waals surface area contributed by atoms with E-state index in [0.717, 1.165) is 5.56 Å². The van der Waals surface area contributed by atoms with E-state index in [1.54, 1.807) is 48.5 Å². The Morgan fingerprint density at radius 2 is 1.75 bits per heavy atom. The lowest BCUT2D eigenvalue weighted by atomic mass is 10.1. The molecule has 0 spiro atoms. The maximum atomic E-state index is 13.6. The molecule has 5 nitrogen and oxygen atoms in total. The lowest BCUT2D eigenvalue weighted by Gasteiger charge is -2.05. The average molecular weight is 376 g/mol. The third kappa shape index (κ3) is 4.88. The highest BCUT2D eigenvalue weighted by molar-refractivity contribution is 5.95. The third-order valence-corrected chi connectivity index (χ3v) is 3.84. The molecule has 0 heterocycles. The Bertz CT molecular complexity index is 1030. The highest BCUT2D eigenvalue weighted by Gasteiger charge is 2.13. The number of ether oxygens (including phenoxy) is 1. The number of carbonyl (C=O) groups excluding carboxylic acids is 2. The zero-order valence-corrected chi connectivity index (χ0v) is 15.1. The van der Waals surface area contributed by atoms with Gasteiger partial charge in [-0.3, -0.25) is 4.79 Å². The summed E-state index contributed by atoms with van der Waals surface area (Å²) in [5.74, 6) is -1.45. The highest BCUT2D eigenvalue weighted by atomic mass is 19.1. The predicted molar refractivity (Wildman–Crippen MR) is 104 cm³/mol. The normalized spacial score (nSPS) is 10.6. The topological polar surface area (TPSA) is 67.8 Å². The van der Waals surface area contributed by atoms with Gasteiger partial charge in [-0.1, -0.05) is 29.8 Å². The number of nitrogens with one attached hydrogen (secondary N) is 1. The van der Waals surface area contributed by atoms with Crippen LogP contribution in [0.5, 0.6) is 5.75 Å². The van der Waals surface area contributed by atoms with Crippen molar-refractivity contribution in [2.24, 2.45) is 5.10 Å². The van der Waals surface area contributed by atoms with Crippen LogP contribution in [0.2, 0.25) is 0 Å². The summed E-state index contributed by atoms with van der Waals surface area (Å²) in [6.45, 7) is 1.90. The van der Waals surface area contributed by atoms with Gasteiger partial charge < -0.3 is 4.74 Å². The van der Waals surface area contributed by atoms with E-state index in [1.807, 2.05) is 13.0 Å². The lowest BCUT2D eigenvalue weighted by Crippen LogP contribution is -2.17. The number of hydrazone groups is 1. The van der Waals surface area contributed by atoms with Crippen molar-refractivity contribution in [3.05, 3.63) is 101 Å². The summed E-state index contributed by atoms with van der Waals surface area (Å²) in [5, 5.41) is 3.92. The zero-order chi connectivity index (χ0) is 19.9. The van der Waals surface area contributed by atoms with Crippen LogP contribution in [0, 0.1) is 12.7 Å². The predicted octanol–water partition coefficient (Wildman–Crippen LogP) is 4.12. The second-order valence-electron chi connectivity index (χ2n) is 6.01. The first kappa shape index (κ1) is 19.0. The van der Waals surface area contributed by atoms with Gasteiger partial charge >= 0.3 is 5.97 Å². The van der Waals surface area contributed by atoms with E-state index < -0.39 is 11.8 Å². The van der Waals surface area contributed by atoms with Gasteiger partial charge in [0, 0.05) is 5.56 Å². The molecular weight excluding hydrogens is 359 g/mol. The molecule has 0 saturated heterocycles. The smallest absolute Gasteiger partial charge is 0.346 e. The number of benzene rings is 3. The van der Waals surface area contributed by atoms with Crippen LogP contribution >= 0.6 is 0 Å². The van der Waals surface area contributed by atoms with Gasteiger partial charge in [0.1, 0.15) is 11.6 Å². The summed E-state index contributed by atoms with van der Waals surface area (Å²) in [6, 6.07) is 19.2. The Morgan fingerprint density at radius 3 is 2.46 bits per heavy atom. The molecule has 0 fully saturated rings. The van der Waals surface area contributed by atoms with Crippen molar-refractivity contribution in [2.75, 3.05) is 0 Å². The van der Waals surface area contributed by atoms with Crippen LogP contribution < -0.4 is 10.2 Å². The van der Waals surface area contributed by atoms with Crippen molar-refractivity contribution < 1.29 is 18.7 Å². The van der Waals surface area contributed by atoms with E-state index in [1.165, 1.54) is 24.4 Å². The van der Waals surface area contributed by atoms with Crippen LogP contribution in [0.3, 0.4) is 0 Å². The number of carbonyl (C=O) groups is 2. The van der Waals surface area contributed by atoms with Crippen molar-refractivity contribution in [3.63, 3.8) is 0 Å². The van der Waals surface area contributed by atoms with Gasteiger partial charge in [-0.25, -0.2) is 14.6 Å². The van der Waals surface area contributed by atoms with Crippen molar-refractivity contribution in [3.8, 4) is 5.75 Å². The first-order chi connectivity index (χ1) is 13.5. The minimum Gasteiger partial charge on any atom is -0.423 e. The van der Waals surface area contributed by atoms with E-state index in [4.69, 9.17) is 4.74 Å². The van der Waals surface area contributed by atoms with E-state index in [2.05, 4.69) is 10.5 Å². The first-order valence-electron chi connectivity index (χ1n) is 8.50. The van der Waals surface area contributed by atoms with E-state index in [0.29, 0.717) is 11.1 Å². The fourth-order valence-electron chi connectivity index (χ4n) is 2.43. The maximum Gasteiger partial charge on any atom is 0.346 e. The number of amides is 1. The molecule has 0 aliphatic carbocycles. The molecule has 1 N–H and O–H groups in total. The summed E-state index contributed by atoms with van der Waals surface area (Å²) in [6.07, 6.45) is 1.47. The standard InChI is InChI=1S/C22H17FN2O3/c1-15-5-4-6-17(13-15)21(26)25-24-14-16-9-11-18(12-10-16)28-22(27)19-7-2-3-8-20(19)23/h2-14H,1H3,(H,25,26)/b24-14-. The highest BCUT2D eigenvalue weighted by Crippen LogP contribution is 2.15. The molecule has 0 aromatic heterocycles. The molecule has 0 bridgehead atoms. The molecule has 1 amide bonds. The molecular formula is C22H17FN2O3. The molecule has 140 valence electrons. The number of aryl methyl sites for hydroxylation is 1. The first-order valence-corrected chi connectivity index (χ1v) is 8.50. The zero-order valence-electron chi connectivity index (χ0n) is 15.1. The van der Waals surface area contributed by atoms with Crippen LogP contribution in [0.4, 0.5) is 4.39 Å². The Hall–Kier alpha value is -3.80. The van der Waals surface area contributed by atoms with Gasteiger partial charge in [-0.2, -0.15) is 5.10 Å². The maximum absolute atomic E-state index is 13.6. The van der Waals surface area contributed by atoms with Gasteiger partial charge in [-0.15, -0.1) is 0 Å². The number of esters is 1. The summed E-state index contributed by atoms with van der Waals surface area (Å²) in [7, 11) is 0. The van der Waals surface area contributed by atoms with Crippen molar-refractivity contribution in [2.45, 2.75) is 6.92 Å². The van der Waals surface area contributed by atoms with Crippen LogP contribution in [0.15, 0.2) is 77.9 Å². The second kappa shape index (κ2) is 8.73. The van der Waals surface area contributed by atoms with Crippen LogP contribution in [-0.4, -0.2) is 18.1 Å². The molecule has 0 saturated carbocycles. The molecule has 3 rings (SSSR count). The summed E-state index contributed by atoms with van der Waals surface area (Å²) in [4.78, 5) is 24.0. The molecule has 0 aliphatic heterocycles. The molecule has 0 aliphatic rings. The quantitative estimate of drug-likeness (QED) is 0.315. The fourth-order valence-corrected chi connectivity index (χ4v) is 2.43. The average Bonchev–Trinajstić information content (AvgIpc) is 2.69. The molecule has 0 radical (unpaired) electrons. The van der Waals surface area contributed by atoms with Crippen molar-refractivity contribution in [1.29, 1.82) is 0 Å². The molecule has 3 aromatic rings. The van der Waals surface area contributed by atoms with Crippen LogP contribution in [-0.2, 0) is 0 Å². The van der Waals surface area contributed by atoms with Gasteiger partial charge in [0.05, 0.1) is 11.8 Å². The van der Waals surface area contributed by atoms with E-state index in [-0.39, 0.29) is 17.2 Å². The fraction of sp³-hybridized carbons (Fsp3) is 0.0455. The number of rotatable bonds is 5. The summed E-state index contributed by atoms with van der Waals surface area (Å²) in [5.41, 5.74) is 4.51. The Balaban J connectivity index is 1.58. The van der Waals surface area contributed by atoms with E-state index >= 15 is 0 Å². The lowest BCUT2D eigenvalue weighted by molar-refractivity contribution is 0.0729. The Labute approximate surface area is 161 Å². The van der Waals surface area contributed by atoms with Gasteiger partial charge in [0.25, 0.3) is 5.91 Å². The monoisotopic (exact) mass is 376 g/mol. The second-order valence-corrected chi connectivity index (χ2v) is 6.01. The Kier molecular flexibility index (Phi) is 5.91. The molecule has 0 unspecified atom stereocenters. The van der Waals surface area contributed by atoms with Gasteiger partial charge in [0.15, 0.2) is 0 Å². The summed E-state index contributed by atoms with van der Waals surface area (Å²) >= 11 is 0. The number of hydrogen-bond acceptors (Lipinski definition) is 4. The molecule has 6 heteroatoms. The van der Waals surface area contributed by atoms with Crippen LogP contribution in [0.25, 0.3) is 0 Å².